The molecule has 1 atom stereocenters. The number of aromatic nitrogens is 1. The smallest absolute Gasteiger partial charge is 0.0404 e. The zero-order chi connectivity index (χ0) is 13.1. The maximum Gasteiger partial charge on any atom is 0.0404 e. The molecule has 0 amide bonds. The summed E-state index contributed by atoms with van der Waals surface area (Å²) in [5.41, 5.74) is 7.30. The molecule has 1 unspecified atom stereocenters. The average Bonchev–Trinajstić information content (AvgIpc) is 2.41. The van der Waals surface area contributed by atoms with Crippen LogP contribution >= 0.6 is 0 Å². The van der Waals surface area contributed by atoms with E-state index in [2.05, 4.69) is 18.0 Å². The number of hydrogen-bond donors (Lipinski definition) is 1. The monoisotopic (exact) mass is 248 g/mol. The van der Waals surface area contributed by atoms with Gasteiger partial charge in [-0.15, -0.1) is 0 Å². The highest BCUT2D eigenvalue weighted by atomic mass is 14.7. The van der Waals surface area contributed by atoms with Crippen LogP contribution in [-0.4, -0.2) is 11.0 Å². The highest BCUT2D eigenvalue weighted by Crippen LogP contribution is 2.10. The molecule has 102 valence electrons. The SMILES string of the molecule is CCCCCCCCC(N)CCc1ccccn1. The summed E-state index contributed by atoms with van der Waals surface area (Å²) in [7, 11) is 0. The fourth-order valence-corrected chi connectivity index (χ4v) is 2.21. The molecule has 1 aromatic rings. The van der Waals surface area contributed by atoms with Crippen molar-refractivity contribution >= 4 is 0 Å². The molecule has 2 heteroatoms. The molecule has 1 heterocycles. The van der Waals surface area contributed by atoms with Crippen molar-refractivity contribution in [3.63, 3.8) is 0 Å². The van der Waals surface area contributed by atoms with E-state index in [0.717, 1.165) is 18.5 Å². The quantitative estimate of drug-likeness (QED) is 0.633. The third kappa shape index (κ3) is 7.44. The molecule has 0 aromatic carbocycles. The maximum atomic E-state index is 6.13. The fourth-order valence-electron chi connectivity index (χ4n) is 2.21. The van der Waals surface area contributed by atoms with Crippen LogP contribution < -0.4 is 5.73 Å². The minimum Gasteiger partial charge on any atom is -0.328 e. The second-order valence-corrected chi connectivity index (χ2v) is 5.18. The molecule has 0 bridgehead atoms. The van der Waals surface area contributed by atoms with Gasteiger partial charge in [-0.2, -0.15) is 0 Å². The summed E-state index contributed by atoms with van der Waals surface area (Å²) in [6.45, 7) is 2.26. The fraction of sp³-hybridized carbons (Fsp3) is 0.688. The van der Waals surface area contributed by atoms with Crippen molar-refractivity contribution in [2.75, 3.05) is 0 Å². The number of hydrogen-bond acceptors (Lipinski definition) is 2. The van der Waals surface area contributed by atoms with Gasteiger partial charge in [0.1, 0.15) is 0 Å². The van der Waals surface area contributed by atoms with Crippen LogP contribution in [0.4, 0.5) is 0 Å². The number of rotatable bonds is 10. The van der Waals surface area contributed by atoms with Crippen LogP contribution in [0.5, 0.6) is 0 Å². The minimum atomic E-state index is 0.346. The molecule has 0 aliphatic heterocycles. The van der Waals surface area contributed by atoms with Crippen molar-refractivity contribution in [1.82, 2.24) is 4.98 Å². The molecular formula is C16H28N2. The topological polar surface area (TPSA) is 38.9 Å². The Labute approximate surface area is 112 Å². The van der Waals surface area contributed by atoms with Crippen molar-refractivity contribution in [1.29, 1.82) is 0 Å². The molecule has 2 nitrogen and oxygen atoms in total. The van der Waals surface area contributed by atoms with Gasteiger partial charge in [0.2, 0.25) is 0 Å². The lowest BCUT2D eigenvalue weighted by molar-refractivity contribution is 0.511. The van der Waals surface area contributed by atoms with E-state index < -0.39 is 0 Å². The Morgan fingerprint density at radius 3 is 2.56 bits per heavy atom. The number of unbranched alkanes of at least 4 members (excludes halogenated alkanes) is 5. The van der Waals surface area contributed by atoms with E-state index in [1.165, 1.54) is 44.9 Å². The lowest BCUT2D eigenvalue weighted by atomic mass is 10.0. The van der Waals surface area contributed by atoms with E-state index in [-0.39, 0.29) is 0 Å². The second kappa shape index (κ2) is 10.1. The van der Waals surface area contributed by atoms with E-state index in [1.807, 2.05) is 18.3 Å². The molecule has 0 radical (unpaired) electrons. The molecule has 0 spiro atoms. The highest BCUT2D eigenvalue weighted by Gasteiger charge is 2.03. The van der Waals surface area contributed by atoms with Crippen LogP contribution in [0, 0.1) is 0 Å². The van der Waals surface area contributed by atoms with Crippen LogP contribution in [0.3, 0.4) is 0 Å². The Bertz CT molecular complexity index is 284. The minimum absolute atomic E-state index is 0.346. The average molecular weight is 248 g/mol. The van der Waals surface area contributed by atoms with Gasteiger partial charge >= 0.3 is 0 Å². The Hall–Kier alpha value is -0.890. The molecule has 0 fully saturated rings. The number of aryl methyl sites for hydroxylation is 1. The predicted molar refractivity (Wildman–Crippen MR) is 78.5 cm³/mol. The normalized spacial score (nSPS) is 12.6. The van der Waals surface area contributed by atoms with E-state index in [1.54, 1.807) is 0 Å². The second-order valence-electron chi connectivity index (χ2n) is 5.18. The lowest BCUT2D eigenvalue weighted by Crippen LogP contribution is -2.20. The zero-order valence-electron chi connectivity index (χ0n) is 11.8. The third-order valence-electron chi connectivity index (χ3n) is 3.43. The molecule has 18 heavy (non-hydrogen) atoms. The first kappa shape index (κ1) is 15.2. The summed E-state index contributed by atoms with van der Waals surface area (Å²) >= 11 is 0. The summed E-state index contributed by atoms with van der Waals surface area (Å²) in [5, 5.41) is 0. The van der Waals surface area contributed by atoms with Gasteiger partial charge in [0.25, 0.3) is 0 Å². The van der Waals surface area contributed by atoms with Gasteiger partial charge in [-0.3, -0.25) is 4.98 Å². The Morgan fingerprint density at radius 2 is 1.83 bits per heavy atom. The Balaban J connectivity index is 1.99. The van der Waals surface area contributed by atoms with Crippen LogP contribution in [-0.2, 0) is 6.42 Å². The maximum absolute atomic E-state index is 6.13. The summed E-state index contributed by atoms with van der Waals surface area (Å²) in [5.74, 6) is 0. The molecule has 0 aliphatic rings. The number of pyridine rings is 1. The van der Waals surface area contributed by atoms with Crippen molar-refractivity contribution in [2.24, 2.45) is 5.73 Å². The van der Waals surface area contributed by atoms with Crippen molar-refractivity contribution in [3.05, 3.63) is 30.1 Å². The summed E-state index contributed by atoms with van der Waals surface area (Å²) in [6.07, 6.45) is 13.2. The van der Waals surface area contributed by atoms with Crippen LogP contribution in [0.15, 0.2) is 24.4 Å². The largest absolute Gasteiger partial charge is 0.328 e. The van der Waals surface area contributed by atoms with Crippen LogP contribution in [0.1, 0.15) is 64.0 Å². The van der Waals surface area contributed by atoms with Crippen LogP contribution in [0.25, 0.3) is 0 Å². The molecule has 1 aromatic heterocycles. The molecule has 1 rings (SSSR count). The van der Waals surface area contributed by atoms with E-state index in [4.69, 9.17) is 5.73 Å². The first-order valence-corrected chi connectivity index (χ1v) is 7.48. The summed E-state index contributed by atoms with van der Waals surface area (Å²) in [6, 6.07) is 6.43. The van der Waals surface area contributed by atoms with Gasteiger partial charge in [-0.05, 0) is 31.4 Å². The summed E-state index contributed by atoms with van der Waals surface area (Å²) in [4.78, 5) is 4.33. The number of nitrogens with two attached hydrogens (primary N) is 1. The van der Waals surface area contributed by atoms with Crippen molar-refractivity contribution in [3.8, 4) is 0 Å². The van der Waals surface area contributed by atoms with Gasteiger partial charge in [-0.25, -0.2) is 0 Å². The molecule has 0 aliphatic carbocycles. The molecule has 2 N–H and O–H groups in total. The van der Waals surface area contributed by atoms with Gasteiger partial charge in [-0.1, -0.05) is 51.5 Å². The van der Waals surface area contributed by atoms with E-state index in [9.17, 15) is 0 Å². The summed E-state index contributed by atoms with van der Waals surface area (Å²) < 4.78 is 0. The predicted octanol–water partition coefficient (Wildman–Crippen LogP) is 4.09. The first-order valence-electron chi connectivity index (χ1n) is 7.48. The van der Waals surface area contributed by atoms with Crippen LogP contribution in [0.2, 0.25) is 0 Å². The molecule has 0 saturated heterocycles. The Kier molecular flexibility index (Phi) is 8.49. The molecular weight excluding hydrogens is 220 g/mol. The van der Waals surface area contributed by atoms with Crippen molar-refractivity contribution < 1.29 is 0 Å². The van der Waals surface area contributed by atoms with Gasteiger partial charge in [0.05, 0.1) is 0 Å². The zero-order valence-corrected chi connectivity index (χ0v) is 11.8. The van der Waals surface area contributed by atoms with Gasteiger partial charge in [0.15, 0.2) is 0 Å². The van der Waals surface area contributed by atoms with Gasteiger partial charge in [0, 0.05) is 17.9 Å². The van der Waals surface area contributed by atoms with Gasteiger partial charge < -0.3 is 5.73 Å². The standard InChI is InChI=1S/C16H28N2/c1-2-3-4-5-6-7-10-15(17)12-13-16-11-8-9-14-18-16/h8-9,11,14-15H,2-7,10,12-13,17H2,1H3. The Morgan fingerprint density at radius 1 is 1.06 bits per heavy atom. The first-order chi connectivity index (χ1) is 8.83. The van der Waals surface area contributed by atoms with E-state index >= 15 is 0 Å². The third-order valence-corrected chi connectivity index (χ3v) is 3.43. The number of nitrogens with zero attached hydrogens (tertiary/aromatic N) is 1. The molecule has 0 saturated carbocycles. The highest BCUT2D eigenvalue weighted by molar-refractivity contribution is 5.03. The lowest BCUT2D eigenvalue weighted by Gasteiger charge is -2.10. The van der Waals surface area contributed by atoms with Crippen molar-refractivity contribution in [2.45, 2.75) is 70.8 Å². The van der Waals surface area contributed by atoms with E-state index in [0.29, 0.717) is 6.04 Å².